The van der Waals surface area contributed by atoms with Crippen molar-refractivity contribution in [3.63, 3.8) is 0 Å². The Hall–Kier alpha value is -1.39. The molecule has 0 aromatic carbocycles. The molecule has 1 rings (SSSR count). The van der Waals surface area contributed by atoms with Crippen LogP contribution in [0, 0.1) is 0 Å². The molecule has 0 aromatic heterocycles. The zero-order chi connectivity index (χ0) is 9.35. The minimum Gasteiger partial charge on any atom is -0.409 e. The first-order valence-corrected chi connectivity index (χ1v) is 3.51. The van der Waals surface area contributed by atoms with Crippen molar-refractivity contribution in [3.8, 4) is 0 Å². The Morgan fingerprint density at radius 1 is 1.67 bits per heavy atom. The summed E-state index contributed by atoms with van der Waals surface area (Å²) in [5.74, 6) is -0.584. The lowest BCUT2D eigenvalue weighted by molar-refractivity contribution is -0.142. The number of nitrogens with zero attached hydrogens (tertiary/aromatic N) is 1. The molecular formula is C7H10N2O3. The highest BCUT2D eigenvalue weighted by Gasteiger charge is 2.41. The fourth-order valence-electron chi connectivity index (χ4n) is 1.04. The Balaban J connectivity index is 2.83. The summed E-state index contributed by atoms with van der Waals surface area (Å²) in [5.41, 5.74) is -1.23. The molecule has 1 atom stereocenters. The van der Waals surface area contributed by atoms with Crippen LogP contribution in [0.3, 0.4) is 0 Å². The number of carbonyl (C=O) groups excluding carboxylic acids is 2. The second-order valence-electron chi connectivity index (χ2n) is 2.77. The first kappa shape index (κ1) is 8.70. The van der Waals surface area contributed by atoms with Gasteiger partial charge >= 0.3 is 5.97 Å². The number of amides is 1. The van der Waals surface area contributed by atoms with Crippen LogP contribution in [-0.4, -0.2) is 23.4 Å². The standard InChI is InChI=1S/C7H10N2O3/c1-4(10)8-7(3)6(11)12-5(2)9-7/h1-3H3,(H,8,10)/t7-/m1/s1. The number of cyclic esters (lactones) is 1. The van der Waals surface area contributed by atoms with E-state index in [4.69, 9.17) is 0 Å². The Kier molecular flexibility index (Phi) is 1.87. The van der Waals surface area contributed by atoms with Crippen LogP contribution in [0.1, 0.15) is 20.8 Å². The molecule has 0 saturated heterocycles. The van der Waals surface area contributed by atoms with Crippen molar-refractivity contribution in [1.29, 1.82) is 0 Å². The van der Waals surface area contributed by atoms with E-state index in [1.807, 2.05) is 0 Å². The molecule has 0 fully saturated rings. The molecule has 0 aliphatic carbocycles. The lowest BCUT2D eigenvalue weighted by Gasteiger charge is -2.16. The average Bonchev–Trinajstić information content (AvgIpc) is 2.04. The third-order valence-electron chi connectivity index (χ3n) is 1.44. The van der Waals surface area contributed by atoms with E-state index in [0.717, 1.165) is 0 Å². The summed E-state index contributed by atoms with van der Waals surface area (Å²) in [4.78, 5) is 25.6. The van der Waals surface area contributed by atoms with Crippen molar-refractivity contribution in [2.24, 2.45) is 4.99 Å². The van der Waals surface area contributed by atoms with E-state index in [0.29, 0.717) is 0 Å². The Morgan fingerprint density at radius 3 is 2.58 bits per heavy atom. The van der Waals surface area contributed by atoms with Crippen molar-refractivity contribution < 1.29 is 14.3 Å². The monoisotopic (exact) mass is 170 g/mol. The highest BCUT2D eigenvalue weighted by Crippen LogP contribution is 2.16. The molecule has 0 bridgehead atoms. The first-order chi connectivity index (χ1) is 5.44. The van der Waals surface area contributed by atoms with E-state index in [1.54, 1.807) is 6.92 Å². The number of rotatable bonds is 1. The Bertz CT molecular complexity index is 272. The van der Waals surface area contributed by atoms with Gasteiger partial charge in [-0.15, -0.1) is 0 Å². The molecule has 5 heteroatoms. The SMILES string of the molecule is CC(=O)N[C@]1(C)N=C(C)OC1=O. The van der Waals surface area contributed by atoms with Crippen molar-refractivity contribution in [2.45, 2.75) is 26.4 Å². The van der Waals surface area contributed by atoms with E-state index < -0.39 is 11.6 Å². The molecule has 66 valence electrons. The summed E-state index contributed by atoms with van der Waals surface area (Å²) in [5, 5.41) is 2.40. The van der Waals surface area contributed by atoms with Gasteiger partial charge in [-0.05, 0) is 6.92 Å². The fourth-order valence-corrected chi connectivity index (χ4v) is 1.04. The van der Waals surface area contributed by atoms with Crippen LogP contribution < -0.4 is 5.32 Å². The van der Waals surface area contributed by atoms with E-state index in [-0.39, 0.29) is 11.8 Å². The highest BCUT2D eigenvalue weighted by atomic mass is 16.6. The third-order valence-corrected chi connectivity index (χ3v) is 1.44. The molecule has 1 aliphatic heterocycles. The quantitative estimate of drug-likeness (QED) is 0.555. The minimum atomic E-state index is -1.23. The molecule has 1 aliphatic rings. The van der Waals surface area contributed by atoms with Crippen LogP contribution in [0.4, 0.5) is 0 Å². The molecule has 0 aromatic rings. The van der Waals surface area contributed by atoms with Crippen LogP contribution in [0.25, 0.3) is 0 Å². The Labute approximate surface area is 69.8 Å². The van der Waals surface area contributed by atoms with Gasteiger partial charge in [-0.1, -0.05) is 0 Å². The molecule has 0 unspecified atom stereocenters. The summed E-state index contributed by atoms with van der Waals surface area (Å²) in [6.07, 6.45) is 0. The molecule has 0 radical (unpaired) electrons. The largest absolute Gasteiger partial charge is 0.409 e. The van der Waals surface area contributed by atoms with Gasteiger partial charge in [-0.25, -0.2) is 9.79 Å². The predicted octanol–water partition coefficient (Wildman–Crippen LogP) is -0.186. The van der Waals surface area contributed by atoms with Crippen LogP contribution >= 0.6 is 0 Å². The molecule has 1 heterocycles. The van der Waals surface area contributed by atoms with Gasteiger partial charge in [0.1, 0.15) is 0 Å². The Morgan fingerprint density at radius 2 is 2.25 bits per heavy atom. The van der Waals surface area contributed by atoms with E-state index >= 15 is 0 Å². The summed E-state index contributed by atoms with van der Waals surface area (Å²) in [6, 6.07) is 0. The van der Waals surface area contributed by atoms with Gasteiger partial charge in [0.05, 0.1) is 0 Å². The van der Waals surface area contributed by atoms with Crippen LogP contribution in [-0.2, 0) is 14.3 Å². The number of aliphatic imine (C=N–C) groups is 1. The minimum absolute atomic E-state index is 0.274. The molecule has 1 amide bonds. The van der Waals surface area contributed by atoms with Crippen LogP contribution in [0.2, 0.25) is 0 Å². The third kappa shape index (κ3) is 1.44. The molecule has 1 N–H and O–H groups in total. The van der Waals surface area contributed by atoms with Gasteiger partial charge in [-0.2, -0.15) is 0 Å². The van der Waals surface area contributed by atoms with Crippen LogP contribution in [0.5, 0.6) is 0 Å². The van der Waals surface area contributed by atoms with E-state index in [9.17, 15) is 9.59 Å². The van der Waals surface area contributed by atoms with Crippen molar-refractivity contribution in [1.82, 2.24) is 5.32 Å². The molecule has 5 nitrogen and oxygen atoms in total. The molecule has 0 saturated carbocycles. The average molecular weight is 170 g/mol. The normalized spacial score (nSPS) is 27.9. The molecule has 0 spiro atoms. The zero-order valence-corrected chi connectivity index (χ0v) is 7.17. The maximum atomic E-state index is 11.1. The maximum Gasteiger partial charge on any atom is 0.361 e. The van der Waals surface area contributed by atoms with Crippen molar-refractivity contribution in [3.05, 3.63) is 0 Å². The van der Waals surface area contributed by atoms with Gasteiger partial charge < -0.3 is 10.1 Å². The number of hydrogen-bond donors (Lipinski definition) is 1. The number of esters is 1. The molecular weight excluding hydrogens is 160 g/mol. The van der Waals surface area contributed by atoms with Crippen molar-refractivity contribution in [2.75, 3.05) is 0 Å². The number of ether oxygens (including phenoxy) is 1. The highest BCUT2D eigenvalue weighted by molar-refractivity contribution is 6.00. The number of nitrogens with one attached hydrogen (secondary N) is 1. The fraction of sp³-hybridized carbons (Fsp3) is 0.571. The number of carbonyl (C=O) groups is 2. The summed E-state index contributed by atoms with van der Waals surface area (Å²) >= 11 is 0. The van der Waals surface area contributed by atoms with Gasteiger partial charge in [0, 0.05) is 13.8 Å². The second-order valence-corrected chi connectivity index (χ2v) is 2.77. The first-order valence-electron chi connectivity index (χ1n) is 3.51. The summed E-state index contributed by atoms with van der Waals surface area (Å²) < 4.78 is 4.67. The van der Waals surface area contributed by atoms with Gasteiger partial charge in [0.25, 0.3) is 0 Å². The topological polar surface area (TPSA) is 67.8 Å². The smallest absolute Gasteiger partial charge is 0.361 e. The van der Waals surface area contributed by atoms with E-state index in [1.165, 1.54) is 13.8 Å². The summed E-state index contributed by atoms with van der Waals surface area (Å²) in [6.45, 7) is 4.37. The number of hydrogen-bond acceptors (Lipinski definition) is 4. The molecule has 12 heavy (non-hydrogen) atoms. The zero-order valence-electron chi connectivity index (χ0n) is 7.17. The van der Waals surface area contributed by atoms with Gasteiger partial charge in [-0.3, -0.25) is 4.79 Å². The second kappa shape index (κ2) is 2.58. The van der Waals surface area contributed by atoms with Gasteiger partial charge in [0.15, 0.2) is 5.90 Å². The lowest BCUT2D eigenvalue weighted by atomic mass is 10.2. The van der Waals surface area contributed by atoms with Crippen LogP contribution in [0.15, 0.2) is 4.99 Å². The van der Waals surface area contributed by atoms with Gasteiger partial charge in [0.2, 0.25) is 11.6 Å². The predicted molar refractivity (Wildman–Crippen MR) is 41.4 cm³/mol. The van der Waals surface area contributed by atoms with Crippen molar-refractivity contribution >= 4 is 17.8 Å². The lowest BCUT2D eigenvalue weighted by Crippen LogP contribution is -2.47. The van der Waals surface area contributed by atoms with E-state index in [2.05, 4.69) is 15.0 Å². The summed E-state index contributed by atoms with van der Waals surface area (Å²) in [7, 11) is 0. The maximum absolute atomic E-state index is 11.1.